The summed E-state index contributed by atoms with van der Waals surface area (Å²) in [5.74, 6) is 0.518. The third-order valence-electron chi connectivity index (χ3n) is 2.70. The number of benzene rings is 1. The van der Waals surface area contributed by atoms with Crippen molar-refractivity contribution in [1.82, 2.24) is 4.98 Å². The first-order chi connectivity index (χ1) is 9.25. The molecule has 0 unspecified atom stereocenters. The fourth-order valence-corrected chi connectivity index (χ4v) is 2.87. The number of hydrogen-bond acceptors (Lipinski definition) is 4. The molecule has 0 saturated carbocycles. The minimum absolute atomic E-state index is 0. The van der Waals surface area contributed by atoms with Gasteiger partial charge in [0.2, 0.25) is 5.89 Å². The number of nitrogens with one attached hydrogen (secondary N) is 1. The predicted molar refractivity (Wildman–Crippen MR) is 83.5 cm³/mol. The molecule has 2 aromatic heterocycles. The maximum Gasteiger partial charge on any atom is 0.227 e. The van der Waals surface area contributed by atoms with Crippen LogP contribution >= 0.6 is 23.7 Å². The lowest BCUT2D eigenvalue weighted by Gasteiger charge is -1.95. The van der Waals surface area contributed by atoms with Crippen LogP contribution in [0.4, 0.5) is 0 Å². The first-order valence-corrected chi connectivity index (χ1v) is 6.51. The minimum Gasteiger partial charge on any atom is -0.444 e. The van der Waals surface area contributed by atoms with Gasteiger partial charge >= 0.3 is 0 Å². The van der Waals surface area contributed by atoms with Gasteiger partial charge in [-0.1, -0.05) is 30.3 Å². The first kappa shape index (κ1) is 14.3. The van der Waals surface area contributed by atoms with Crippen LogP contribution in [0.15, 0.2) is 53.3 Å². The smallest absolute Gasteiger partial charge is 0.227 e. The molecule has 0 bridgehead atoms. The molecule has 20 heavy (non-hydrogen) atoms. The van der Waals surface area contributed by atoms with E-state index >= 15 is 0 Å². The lowest BCUT2D eigenvalue weighted by molar-refractivity contribution is 0.575. The van der Waals surface area contributed by atoms with E-state index in [0.717, 1.165) is 16.0 Å². The normalized spacial score (nSPS) is 10.0. The lowest BCUT2D eigenvalue weighted by atomic mass is 10.1. The summed E-state index contributed by atoms with van der Waals surface area (Å²) in [5, 5.41) is 7.67. The van der Waals surface area contributed by atoms with Crippen molar-refractivity contribution in [2.75, 3.05) is 0 Å². The zero-order valence-corrected chi connectivity index (χ0v) is 12.0. The number of thiophene rings is 1. The van der Waals surface area contributed by atoms with Crippen LogP contribution in [0.2, 0.25) is 0 Å². The van der Waals surface area contributed by atoms with E-state index in [-0.39, 0.29) is 18.2 Å². The van der Waals surface area contributed by atoms with Gasteiger partial charge in [-0.3, -0.25) is 5.41 Å². The third-order valence-corrected chi connectivity index (χ3v) is 3.92. The molecule has 3 aromatic rings. The minimum atomic E-state index is 0. The van der Waals surface area contributed by atoms with Crippen LogP contribution in [0, 0.1) is 5.41 Å². The number of hydrogen-bond donors (Lipinski definition) is 2. The van der Waals surface area contributed by atoms with Gasteiger partial charge < -0.3 is 10.2 Å². The van der Waals surface area contributed by atoms with E-state index in [9.17, 15) is 0 Å². The van der Waals surface area contributed by atoms with Gasteiger partial charge in [0.1, 0.15) is 12.1 Å². The van der Waals surface area contributed by atoms with Gasteiger partial charge in [-0.25, -0.2) is 4.98 Å². The van der Waals surface area contributed by atoms with Crippen LogP contribution in [-0.4, -0.2) is 10.8 Å². The Balaban J connectivity index is 0.00000147. The molecule has 0 radical (unpaired) electrons. The van der Waals surface area contributed by atoms with Crippen molar-refractivity contribution in [2.24, 2.45) is 5.73 Å². The second kappa shape index (κ2) is 5.90. The Bertz CT molecular complexity index is 707. The van der Waals surface area contributed by atoms with Crippen molar-refractivity contribution < 1.29 is 4.42 Å². The zero-order chi connectivity index (χ0) is 13.2. The highest BCUT2D eigenvalue weighted by Gasteiger charge is 2.17. The summed E-state index contributed by atoms with van der Waals surface area (Å²) < 4.78 is 5.30. The Morgan fingerprint density at radius 3 is 2.60 bits per heavy atom. The van der Waals surface area contributed by atoms with Gasteiger partial charge in [0.25, 0.3) is 0 Å². The van der Waals surface area contributed by atoms with E-state index in [2.05, 4.69) is 4.98 Å². The SMILES string of the molecule is Cl.N=C(N)c1sc(-c2ccccc2)cc1-c1ncco1. The molecule has 0 aliphatic rings. The average molecular weight is 306 g/mol. The molecule has 2 heterocycles. The third kappa shape index (κ3) is 2.59. The number of nitrogens with zero attached hydrogens (tertiary/aromatic N) is 1. The van der Waals surface area contributed by atoms with Crippen LogP contribution in [0.5, 0.6) is 0 Å². The van der Waals surface area contributed by atoms with Crippen LogP contribution in [0.25, 0.3) is 21.9 Å². The number of oxazole rings is 1. The number of nitrogens with two attached hydrogens (primary N) is 1. The van der Waals surface area contributed by atoms with Gasteiger partial charge in [-0.05, 0) is 11.6 Å². The maximum atomic E-state index is 7.67. The fraction of sp³-hybridized carbons (Fsp3) is 0. The van der Waals surface area contributed by atoms with Crippen molar-refractivity contribution >= 4 is 29.6 Å². The summed E-state index contributed by atoms with van der Waals surface area (Å²) in [6, 6.07) is 11.9. The van der Waals surface area contributed by atoms with Crippen molar-refractivity contribution in [1.29, 1.82) is 5.41 Å². The molecule has 6 heteroatoms. The molecule has 1 aromatic carbocycles. The van der Waals surface area contributed by atoms with E-state index in [1.54, 1.807) is 6.20 Å². The van der Waals surface area contributed by atoms with E-state index in [4.69, 9.17) is 15.6 Å². The number of halogens is 1. The van der Waals surface area contributed by atoms with Crippen LogP contribution in [0.3, 0.4) is 0 Å². The van der Waals surface area contributed by atoms with Gasteiger partial charge in [0, 0.05) is 4.88 Å². The highest BCUT2D eigenvalue weighted by Crippen LogP contribution is 2.36. The molecular weight excluding hydrogens is 294 g/mol. The topological polar surface area (TPSA) is 75.9 Å². The summed E-state index contributed by atoms with van der Waals surface area (Å²) in [6.07, 6.45) is 3.10. The number of nitrogen functional groups attached to an aromatic ring is 1. The standard InChI is InChI=1S/C14H11N3OS.ClH/c15-13(16)12-10(14-17-6-7-18-14)8-11(19-12)9-4-2-1-3-5-9;/h1-8H,(H3,15,16);1H. The van der Waals surface area contributed by atoms with Crippen molar-refractivity contribution in [3.63, 3.8) is 0 Å². The van der Waals surface area contributed by atoms with Gasteiger partial charge in [0.15, 0.2) is 0 Å². The quantitative estimate of drug-likeness (QED) is 0.571. The van der Waals surface area contributed by atoms with Crippen LogP contribution in [0.1, 0.15) is 4.88 Å². The zero-order valence-electron chi connectivity index (χ0n) is 10.4. The first-order valence-electron chi connectivity index (χ1n) is 5.69. The average Bonchev–Trinajstić information content (AvgIpc) is 3.08. The molecule has 3 N–H and O–H groups in total. The Labute approximate surface area is 126 Å². The molecule has 4 nitrogen and oxygen atoms in total. The Kier molecular flexibility index (Phi) is 4.22. The monoisotopic (exact) mass is 305 g/mol. The Morgan fingerprint density at radius 1 is 1.25 bits per heavy atom. The molecule has 0 saturated heterocycles. The van der Waals surface area contributed by atoms with E-state index in [1.807, 2.05) is 36.4 Å². The van der Waals surface area contributed by atoms with Crippen molar-refractivity contribution in [2.45, 2.75) is 0 Å². The van der Waals surface area contributed by atoms with Crippen molar-refractivity contribution in [3.05, 3.63) is 53.7 Å². The Morgan fingerprint density at radius 2 is 2.00 bits per heavy atom. The maximum absolute atomic E-state index is 7.67. The van der Waals surface area contributed by atoms with Gasteiger partial charge in [0.05, 0.1) is 16.6 Å². The Hall–Kier alpha value is -2.11. The molecule has 3 rings (SSSR count). The summed E-state index contributed by atoms with van der Waals surface area (Å²) in [4.78, 5) is 5.85. The number of rotatable bonds is 3. The molecule has 102 valence electrons. The highest BCUT2D eigenvalue weighted by molar-refractivity contribution is 7.18. The number of amidine groups is 1. The summed E-state index contributed by atoms with van der Waals surface area (Å²) >= 11 is 1.47. The summed E-state index contributed by atoms with van der Waals surface area (Å²) in [6.45, 7) is 0. The molecule has 0 aliphatic heterocycles. The van der Waals surface area contributed by atoms with Crippen LogP contribution < -0.4 is 5.73 Å². The molecule has 0 atom stereocenters. The highest BCUT2D eigenvalue weighted by atomic mass is 35.5. The molecular formula is C14H12ClN3OS. The summed E-state index contributed by atoms with van der Waals surface area (Å²) in [7, 11) is 0. The second-order valence-corrected chi connectivity index (χ2v) is 5.02. The molecule has 0 amide bonds. The lowest BCUT2D eigenvalue weighted by Crippen LogP contribution is -2.09. The molecule has 0 aliphatic carbocycles. The van der Waals surface area contributed by atoms with E-state index < -0.39 is 0 Å². The predicted octanol–water partition coefficient (Wildman–Crippen LogP) is 3.78. The molecule has 0 spiro atoms. The second-order valence-electron chi connectivity index (χ2n) is 3.97. The number of aromatic nitrogens is 1. The van der Waals surface area contributed by atoms with E-state index in [0.29, 0.717) is 10.8 Å². The van der Waals surface area contributed by atoms with Crippen LogP contribution in [-0.2, 0) is 0 Å². The van der Waals surface area contributed by atoms with Crippen molar-refractivity contribution in [3.8, 4) is 21.9 Å². The summed E-state index contributed by atoms with van der Waals surface area (Å²) in [5.41, 5.74) is 7.49. The largest absolute Gasteiger partial charge is 0.444 e. The fourth-order valence-electron chi connectivity index (χ4n) is 1.85. The van der Waals surface area contributed by atoms with Gasteiger partial charge in [-0.2, -0.15) is 0 Å². The van der Waals surface area contributed by atoms with Gasteiger partial charge in [-0.15, -0.1) is 23.7 Å². The molecule has 0 fully saturated rings. The van der Waals surface area contributed by atoms with E-state index in [1.165, 1.54) is 17.6 Å².